The molecular weight excluding hydrogens is 353 g/mol. The van der Waals surface area contributed by atoms with Crippen molar-refractivity contribution in [1.82, 2.24) is 0 Å². The van der Waals surface area contributed by atoms with Crippen molar-refractivity contribution in [1.29, 1.82) is 0 Å². The fourth-order valence-corrected chi connectivity index (χ4v) is 1.56. The van der Waals surface area contributed by atoms with Crippen molar-refractivity contribution >= 4 is 7.82 Å². The number of hydrogen-bond donors (Lipinski definition) is 3. The topological polar surface area (TPSA) is 77.8 Å². The van der Waals surface area contributed by atoms with E-state index in [0.29, 0.717) is 0 Å². The maximum atomic E-state index is 8.88. The van der Waals surface area contributed by atoms with Crippen LogP contribution in [0.25, 0.3) is 0 Å². The second kappa shape index (κ2) is 26.6. The van der Waals surface area contributed by atoms with Crippen LogP contribution < -0.4 is 0 Å². The number of hydrogen-bond acceptors (Lipinski definition) is 1. The number of unbranched alkanes of at least 4 members (excludes halogenated alkanes) is 10. The Labute approximate surface area is 151 Å². The number of phosphoric acid groups is 1. The molecule has 0 bridgehead atoms. The zero-order valence-corrected chi connectivity index (χ0v) is 18.7. The first-order valence-corrected chi connectivity index (χ1v) is 9.76. The Morgan fingerprint density at radius 1 is 0.682 bits per heavy atom. The molecule has 0 heterocycles. The molecule has 4 nitrogen and oxygen atoms in total. The fraction of sp³-hybridized carbons (Fsp3) is 0.875. The first-order valence-electron chi connectivity index (χ1n) is 8.20. The molecule has 0 aliphatic carbocycles. The first kappa shape index (κ1) is 30.6. The molecule has 0 saturated heterocycles. The molecule has 6 heteroatoms. The van der Waals surface area contributed by atoms with E-state index >= 15 is 0 Å². The van der Waals surface area contributed by atoms with E-state index in [-0.39, 0.29) is 19.5 Å². The minimum atomic E-state index is -4.64. The van der Waals surface area contributed by atoms with Gasteiger partial charge in [0, 0.05) is 0 Å². The van der Waals surface area contributed by atoms with Gasteiger partial charge in [-0.3, -0.25) is 0 Å². The molecule has 22 heavy (non-hydrogen) atoms. The Hall–Kier alpha value is 0.733. The summed E-state index contributed by atoms with van der Waals surface area (Å²) in [6.45, 7) is 12.0. The van der Waals surface area contributed by atoms with E-state index in [1.807, 2.05) is 0 Å². The van der Waals surface area contributed by atoms with E-state index in [1.165, 1.54) is 64.2 Å². The van der Waals surface area contributed by atoms with Gasteiger partial charge in [-0.05, 0) is 0 Å². The summed E-state index contributed by atoms with van der Waals surface area (Å²) in [6.07, 6.45) is 16.0. The van der Waals surface area contributed by atoms with Crippen molar-refractivity contribution in [3.05, 3.63) is 13.8 Å². The monoisotopic (exact) mass is 388 g/mol. The summed E-state index contributed by atoms with van der Waals surface area (Å²) in [7, 11) is -4.64. The molecule has 0 atom stereocenters. The van der Waals surface area contributed by atoms with Gasteiger partial charge in [-0.1, -0.05) is 78.1 Å². The quantitative estimate of drug-likeness (QED) is 0.201. The van der Waals surface area contributed by atoms with Crippen LogP contribution in [0, 0.1) is 13.8 Å². The fourth-order valence-electron chi connectivity index (χ4n) is 1.56. The standard InChI is InChI=1S/2C8H17.H3O4P.Zn/c2*1-3-5-7-8-6-4-2;1-5(2,3)4;/h2*1,3-8H2,2H3;(H3,1,2,3,4);/q2*-1;;+2. The third kappa shape index (κ3) is 70.1. The Morgan fingerprint density at radius 2 is 0.909 bits per heavy atom. The summed E-state index contributed by atoms with van der Waals surface area (Å²) in [4.78, 5) is 21.6. The number of rotatable bonds is 10. The van der Waals surface area contributed by atoms with Gasteiger partial charge in [0.1, 0.15) is 0 Å². The van der Waals surface area contributed by atoms with Gasteiger partial charge in [0.25, 0.3) is 0 Å². The molecule has 0 unspecified atom stereocenters. The van der Waals surface area contributed by atoms with Crippen LogP contribution in [-0.4, -0.2) is 14.7 Å². The summed E-state index contributed by atoms with van der Waals surface area (Å²) in [5.41, 5.74) is 0. The van der Waals surface area contributed by atoms with E-state index < -0.39 is 7.82 Å². The Bertz CT molecular complexity index is 178. The van der Waals surface area contributed by atoms with Crippen molar-refractivity contribution in [2.75, 3.05) is 0 Å². The minimum absolute atomic E-state index is 0. The molecule has 0 amide bonds. The molecule has 0 aromatic carbocycles. The van der Waals surface area contributed by atoms with Gasteiger partial charge < -0.3 is 28.5 Å². The van der Waals surface area contributed by atoms with Gasteiger partial charge in [0.05, 0.1) is 0 Å². The Kier molecular flexibility index (Phi) is 37.0. The molecule has 0 fully saturated rings. The normalized spacial score (nSPS) is 9.77. The van der Waals surface area contributed by atoms with Crippen LogP contribution in [0.3, 0.4) is 0 Å². The van der Waals surface area contributed by atoms with E-state index in [9.17, 15) is 0 Å². The van der Waals surface area contributed by atoms with Crippen LogP contribution in [0.2, 0.25) is 0 Å². The maximum Gasteiger partial charge on any atom is 2.00 e. The van der Waals surface area contributed by atoms with Crippen molar-refractivity contribution in [2.45, 2.75) is 90.9 Å². The first-order chi connectivity index (χ1) is 9.83. The van der Waals surface area contributed by atoms with Crippen molar-refractivity contribution in [2.24, 2.45) is 0 Å². The average molecular weight is 390 g/mol. The van der Waals surface area contributed by atoms with Gasteiger partial charge >= 0.3 is 27.3 Å². The second-order valence-corrected chi connectivity index (χ2v) is 6.08. The molecule has 0 aliphatic rings. The molecule has 132 valence electrons. The zero-order valence-electron chi connectivity index (χ0n) is 14.8. The van der Waals surface area contributed by atoms with Gasteiger partial charge in [-0.25, -0.2) is 4.57 Å². The van der Waals surface area contributed by atoms with Gasteiger partial charge in [-0.15, -0.1) is 0 Å². The van der Waals surface area contributed by atoms with E-state index in [0.717, 1.165) is 12.8 Å². The third-order valence-corrected chi connectivity index (χ3v) is 2.71. The summed E-state index contributed by atoms with van der Waals surface area (Å²) in [5.74, 6) is 0. The minimum Gasteiger partial charge on any atom is -0.343 e. The summed E-state index contributed by atoms with van der Waals surface area (Å²) in [6, 6.07) is 0. The summed E-state index contributed by atoms with van der Waals surface area (Å²) < 4.78 is 8.88. The molecule has 3 N–H and O–H groups in total. The molecule has 0 spiro atoms. The molecule has 0 aromatic heterocycles. The van der Waals surface area contributed by atoms with E-state index in [4.69, 9.17) is 19.2 Å². The van der Waals surface area contributed by atoms with Gasteiger partial charge in [-0.2, -0.15) is 12.8 Å². The van der Waals surface area contributed by atoms with Crippen LogP contribution in [0.1, 0.15) is 90.9 Å². The summed E-state index contributed by atoms with van der Waals surface area (Å²) in [5, 5.41) is 0. The SMILES string of the molecule is O=P(O)(O)O.[CH2-]CCCCCCC.[CH2-]CCCCCCC.[Zn+2]. The van der Waals surface area contributed by atoms with Crippen LogP contribution in [0.5, 0.6) is 0 Å². The van der Waals surface area contributed by atoms with Gasteiger partial charge in [0.15, 0.2) is 0 Å². The molecule has 0 rings (SSSR count). The maximum absolute atomic E-state index is 8.88. The average Bonchev–Trinajstić information content (AvgIpc) is 2.39. The zero-order chi connectivity index (χ0) is 17.0. The molecule has 0 saturated carbocycles. The predicted octanol–water partition coefficient (Wildman–Crippen LogP) is 5.43. The van der Waals surface area contributed by atoms with Crippen LogP contribution in [0.4, 0.5) is 0 Å². The molecule has 0 radical (unpaired) electrons. The molecule has 0 aliphatic heterocycles. The van der Waals surface area contributed by atoms with Crippen molar-refractivity contribution < 1.29 is 38.7 Å². The Morgan fingerprint density at radius 3 is 1.09 bits per heavy atom. The van der Waals surface area contributed by atoms with Crippen LogP contribution >= 0.6 is 7.82 Å². The second-order valence-electron chi connectivity index (χ2n) is 5.05. The predicted molar refractivity (Wildman–Crippen MR) is 91.7 cm³/mol. The van der Waals surface area contributed by atoms with Crippen molar-refractivity contribution in [3.63, 3.8) is 0 Å². The van der Waals surface area contributed by atoms with Gasteiger partial charge in [0.2, 0.25) is 0 Å². The van der Waals surface area contributed by atoms with E-state index in [1.54, 1.807) is 0 Å². The van der Waals surface area contributed by atoms with Crippen LogP contribution in [0.15, 0.2) is 0 Å². The Balaban J connectivity index is -0.000000111. The third-order valence-electron chi connectivity index (χ3n) is 2.71. The molecule has 0 aromatic rings. The van der Waals surface area contributed by atoms with Crippen molar-refractivity contribution in [3.8, 4) is 0 Å². The van der Waals surface area contributed by atoms with Crippen LogP contribution in [-0.2, 0) is 24.0 Å². The van der Waals surface area contributed by atoms with E-state index in [2.05, 4.69) is 27.7 Å². The molecular formula is C16H37O4PZn. The largest absolute Gasteiger partial charge is 2.00 e. The smallest absolute Gasteiger partial charge is 0.343 e. The summed E-state index contributed by atoms with van der Waals surface area (Å²) >= 11 is 0.